The van der Waals surface area contributed by atoms with Crippen molar-refractivity contribution in [1.82, 2.24) is 9.97 Å². The van der Waals surface area contributed by atoms with Gasteiger partial charge < -0.3 is 4.90 Å². The fourth-order valence-electron chi connectivity index (χ4n) is 2.00. The molecular formula is C13H18BrN3S. The molecular weight excluding hydrogens is 310 g/mol. The quantitative estimate of drug-likeness (QED) is 0.777. The van der Waals surface area contributed by atoms with Gasteiger partial charge in [0.25, 0.3) is 0 Å². The van der Waals surface area contributed by atoms with Gasteiger partial charge in [0, 0.05) is 17.9 Å². The molecule has 2 aromatic heterocycles. The van der Waals surface area contributed by atoms with Gasteiger partial charge in [-0.2, -0.15) is 0 Å². The molecule has 98 valence electrons. The molecule has 0 saturated heterocycles. The first-order valence-corrected chi connectivity index (χ1v) is 8.16. The first-order valence-electron chi connectivity index (χ1n) is 6.16. The number of hydrogen-bond donors (Lipinski definition) is 0. The van der Waals surface area contributed by atoms with Gasteiger partial charge in [-0.1, -0.05) is 15.9 Å². The Morgan fingerprint density at radius 2 is 2.17 bits per heavy atom. The second-order valence-corrected chi connectivity index (χ2v) is 6.30. The van der Waals surface area contributed by atoms with Crippen LogP contribution in [0, 0.1) is 6.92 Å². The Kier molecular flexibility index (Phi) is 4.56. The van der Waals surface area contributed by atoms with Crippen molar-refractivity contribution in [1.29, 1.82) is 0 Å². The van der Waals surface area contributed by atoms with E-state index in [0.717, 1.165) is 29.6 Å². The summed E-state index contributed by atoms with van der Waals surface area (Å²) in [5.41, 5.74) is 2.33. The smallest absolute Gasteiger partial charge is 0.150 e. The third kappa shape index (κ3) is 2.67. The van der Waals surface area contributed by atoms with E-state index < -0.39 is 0 Å². The minimum atomic E-state index is 0.449. The highest BCUT2D eigenvalue weighted by atomic mass is 79.9. The molecule has 0 atom stereocenters. The van der Waals surface area contributed by atoms with E-state index in [1.165, 1.54) is 10.3 Å². The van der Waals surface area contributed by atoms with E-state index in [4.69, 9.17) is 0 Å². The van der Waals surface area contributed by atoms with Gasteiger partial charge in [-0.3, -0.25) is 0 Å². The number of thiophene rings is 1. The van der Waals surface area contributed by atoms with Crippen molar-refractivity contribution in [2.24, 2.45) is 0 Å². The number of rotatable bonds is 5. The highest BCUT2D eigenvalue weighted by Crippen LogP contribution is 2.31. The Balaban J connectivity index is 2.43. The molecule has 18 heavy (non-hydrogen) atoms. The summed E-state index contributed by atoms with van der Waals surface area (Å²) in [5.74, 6) is 1.08. The molecule has 2 rings (SSSR count). The Labute approximate surface area is 120 Å². The second-order valence-electron chi connectivity index (χ2n) is 4.62. The van der Waals surface area contributed by atoms with Crippen LogP contribution in [0.4, 0.5) is 5.82 Å². The Bertz CT molecular complexity index is 524. The molecule has 5 heteroatoms. The standard InChI is InChI=1S/C13H18BrN3S/c1-9(2)17(6-4-5-14)13-12-11(15-8-16-13)10(3)7-18-12/h7-9H,4-6H2,1-3H3. The summed E-state index contributed by atoms with van der Waals surface area (Å²) in [5, 5.41) is 3.18. The van der Waals surface area contributed by atoms with Crippen molar-refractivity contribution in [2.45, 2.75) is 33.2 Å². The molecule has 3 nitrogen and oxygen atoms in total. The number of aryl methyl sites for hydroxylation is 1. The Morgan fingerprint density at radius 1 is 1.39 bits per heavy atom. The topological polar surface area (TPSA) is 29.0 Å². The van der Waals surface area contributed by atoms with Crippen LogP contribution in [0.25, 0.3) is 10.2 Å². The number of anilines is 1. The van der Waals surface area contributed by atoms with Crippen LogP contribution in [0.3, 0.4) is 0 Å². The van der Waals surface area contributed by atoms with E-state index in [9.17, 15) is 0 Å². The summed E-state index contributed by atoms with van der Waals surface area (Å²) in [4.78, 5) is 11.3. The van der Waals surface area contributed by atoms with Crippen molar-refractivity contribution in [3.05, 3.63) is 17.3 Å². The number of nitrogens with zero attached hydrogens (tertiary/aromatic N) is 3. The molecule has 2 aromatic rings. The lowest BCUT2D eigenvalue weighted by atomic mass is 10.2. The van der Waals surface area contributed by atoms with Gasteiger partial charge in [-0.05, 0) is 38.1 Å². The van der Waals surface area contributed by atoms with E-state index in [1.807, 2.05) is 0 Å². The summed E-state index contributed by atoms with van der Waals surface area (Å²) < 4.78 is 1.21. The molecule has 0 aliphatic carbocycles. The molecule has 0 aliphatic heterocycles. The summed E-state index contributed by atoms with van der Waals surface area (Å²) in [6.07, 6.45) is 2.80. The third-order valence-electron chi connectivity index (χ3n) is 2.94. The molecule has 0 bridgehead atoms. The molecule has 0 saturated carbocycles. The fourth-order valence-corrected chi connectivity index (χ4v) is 3.26. The minimum Gasteiger partial charge on any atom is -0.353 e. The largest absolute Gasteiger partial charge is 0.353 e. The van der Waals surface area contributed by atoms with Crippen LogP contribution in [0.1, 0.15) is 25.8 Å². The third-order valence-corrected chi connectivity index (χ3v) is 4.58. The summed E-state index contributed by atoms with van der Waals surface area (Å²) in [6.45, 7) is 7.55. The van der Waals surface area contributed by atoms with Gasteiger partial charge in [0.15, 0.2) is 0 Å². The zero-order chi connectivity index (χ0) is 13.1. The molecule has 0 amide bonds. The van der Waals surface area contributed by atoms with Crippen LogP contribution in [-0.2, 0) is 0 Å². The van der Waals surface area contributed by atoms with Crippen molar-refractivity contribution >= 4 is 43.3 Å². The van der Waals surface area contributed by atoms with E-state index in [0.29, 0.717) is 6.04 Å². The van der Waals surface area contributed by atoms with E-state index in [1.54, 1.807) is 17.7 Å². The van der Waals surface area contributed by atoms with Gasteiger partial charge in [0.05, 0.1) is 10.2 Å². The van der Waals surface area contributed by atoms with Crippen LogP contribution >= 0.6 is 27.3 Å². The molecule has 0 fully saturated rings. The maximum Gasteiger partial charge on any atom is 0.150 e. The molecule has 0 unspecified atom stereocenters. The van der Waals surface area contributed by atoms with Gasteiger partial charge in [0.1, 0.15) is 12.1 Å². The second kappa shape index (κ2) is 5.97. The van der Waals surface area contributed by atoms with Crippen molar-refractivity contribution in [3.8, 4) is 0 Å². The number of alkyl halides is 1. The number of fused-ring (bicyclic) bond motifs is 1. The van der Waals surface area contributed by atoms with Gasteiger partial charge in [-0.15, -0.1) is 11.3 Å². The maximum atomic E-state index is 4.50. The van der Waals surface area contributed by atoms with E-state index >= 15 is 0 Å². The maximum absolute atomic E-state index is 4.50. The first-order chi connectivity index (χ1) is 8.65. The molecule has 0 aromatic carbocycles. The minimum absolute atomic E-state index is 0.449. The summed E-state index contributed by atoms with van der Waals surface area (Å²) in [6, 6.07) is 0.449. The molecule has 0 radical (unpaired) electrons. The summed E-state index contributed by atoms with van der Waals surface area (Å²) >= 11 is 5.24. The highest BCUT2D eigenvalue weighted by molar-refractivity contribution is 9.09. The zero-order valence-electron chi connectivity index (χ0n) is 11.0. The van der Waals surface area contributed by atoms with Crippen molar-refractivity contribution < 1.29 is 0 Å². The number of halogens is 1. The Morgan fingerprint density at radius 3 is 2.83 bits per heavy atom. The predicted octanol–water partition coefficient (Wildman–Crippen LogP) is 4.00. The normalized spacial score (nSPS) is 11.4. The average molecular weight is 328 g/mol. The SMILES string of the molecule is Cc1csc2c(N(CCCBr)C(C)C)ncnc12. The van der Waals surface area contributed by atoms with Crippen LogP contribution < -0.4 is 4.90 Å². The molecule has 0 aliphatic rings. The van der Waals surface area contributed by atoms with Crippen LogP contribution in [0.5, 0.6) is 0 Å². The lowest BCUT2D eigenvalue weighted by Crippen LogP contribution is -2.32. The Hall–Kier alpha value is -0.680. The van der Waals surface area contributed by atoms with Crippen LogP contribution in [-0.4, -0.2) is 27.9 Å². The lowest BCUT2D eigenvalue weighted by Gasteiger charge is -2.27. The average Bonchev–Trinajstić information content (AvgIpc) is 2.72. The van der Waals surface area contributed by atoms with Crippen molar-refractivity contribution in [2.75, 3.05) is 16.8 Å². The monoisotopic (exact) mass is 327 g/mol. The van der Waals surface area contributed by atoms with Gasteiger partial charge >= 0.3 is 0 Å². The molecule has 0 N–H and O–H groups in total. The fraction of sp³-hybridized carbons (Fsp3) is 0.538. The summed E-state index contributed by atoms with van der Waals surface area (Å²) in [7, 11) is 0. The first kappa shape index (κ1) is 13.7. The lowest BCUT2D eigenvalue weighted by molar-refractivity contribution is 0.667. The molecule has 2 heterocycles. The van der Waals surface area contributed by atoms with E-state index in [2.05, 4.69) is 56.9 Å². The molecule has 0 spiro atoms. The zero-order valence-corrected chi connectivity index (χ0v) is 13.4. The highest BCUT2D eigenvalue weighted by Gasteiger charge is 2.16. The van der Waals surface area contributed by atoms with Gasteiger partial charge in [0.2, 0.25) is 0 Å². The van der Waals surface area contributed by atoms with Crippen molar-refractivity contribution in [3.63, 3.8) is 0 Å². The van der Waals surface area contributed by atoms with Crippen LogP contribution in [0.15, 0.2) is 11.7 Å². The number of aromatic nitrogens is 2. The van der Waals surface area contributed by atoms with E-state index in [-0.39, 0.29) is 0 Å². The predicted molar refractivity (Wildman–Crippen MR) is 83.0 cm³/mol. The van der Waals surface area contributed by atoms with Crippen LogP contribution in [0.2, 0.25) is 0 Å². The van der Waals surface area contributed by atoms with Gasteiger partial charge in [-0.25, -0.2) is 9.97 Å². The number of hydrogen-bond acceptors (Lipinski definition) is 4.